The SMILES string of the molecule is CCC1CCc2c(c(=O)oc3c2ccc2c(OC)cccc23)C1. The summed E-state index contributed by atoms with van der Waals surface area (Å²) in [6.07, 6.45) is 4.08. The molecule has 4 rings (SSSR count). The summed E-state index contributed by atoms with van der Waals surface area (Å²) in [5, 5.41) is 3.00. The van der Waals surface area contributed by atoms with Crippen LogP contribution in [0.15, 0.2) is 39.5 Å². The molecule has 1 heterocycles. The largest absolute Gasteiger partial charge is 0.496 e. The lowest BCUT2D eigenvalue weighted by molar-refractivity contribution is 0.419. The van der Waals surface area contributed by atoms with Crippen molar-refractivity contribution in [2.45, 2.75) is 32.6 Å². The van der Waals surface area contributed by atoms with Gasteiger partial charge in [-0.15, -0.1) is 0 Å². The van der Waals surface area contributed by atoms with E-state index >= 15 is 0 Å². The number of fused-ring (bicyclic) bond motifs is 5. The Morgan fingerprint density at radius 2 is 1.96 bits per heavy atom. The Morgan fingerprint density at radius 1 is 1.13 bits per heavy atom. The zero-order valence-electron chi connectivity index (χ0n) is 13.5. The maximum atomic E-state index is 12.5. The highest BCUT2D eigenvalue weighted by Gasteiger charge is 2.24. The molecule has 0 aliphatic heterocycles. The van der Waals surface area contributed by atoms with E-state index in [2.05, 4.69) is 19.1 Å². The van der Waals surface area contributed by atoms with E-state index in [-0.39, 0.29) is 5.63 Å². The number of hydrogen-bond acceptors (Lipinski definition) is 3. The third kappa shape index (κ3) is 2.14. The summed E-state index contributed by atoms with van der Waals surface area (Å²) in [7, 11) is 1.66. The second-order valence-corrected chi connectivity index (χ2v) is 6.36. The van der Waals surface area contributed by atoms with Crippen LogP contribution in [0.1, 0.15) is 30.9 Å². The molecule has 0 spiro atoms. The third-order valence-corrected chi connectivity index (χ3v) is 5.20. The fourth-order valence-corrected chi connectivity index (χ4v) is 3.85. The highest BCUT2D eigenvalue weighted by molar-refractivity contribution is 6.07. The predicted octanol–water partition coefficient (Wildman–Crippen LogP) is 4.47. The minimum Gasteiger partial charge on any atom is -0.496 e. The highest BCUT2D eigenvalue weighted by atomic mass is 16.5. The quantitative estimate of drug-likeness (QED) is 0.518. The first kappa shape index (κ1) is 14.3. The minimum absolute atomic E-state index is 0.166. The van der Waals surface area contributed by atoms with Crippen LogP contribution in [0.4, 0.5) is 0 Å². The maximum Gasteiger partial charge on any atom is 0.339 e. The van der Waals surface area contributed by atoms with E-state index < -0.39 is 0 Å². The van der Waals surface area contributed by atoms with Crippen LogP contribution < -0.4 is 10.4 Å². The smallest absolute Gasteiger partial charge is 0.339 e. The zero-order chi connectivity index (χ0) is 16.0. The van der Waals surface area contributed by atoms with Crippen LogP contribution in [0.25, 0.3) is 21.7 Å². The molecular formula is C20H20O3. The Bertz CT molecular complexity index is 952. The molecule has 1 aliphatic carbocycles. The summed E-state index contributed by atoms with van der Waals surface area (Å²) in [6, 6.07) is 10.0. The Morgan fingerprint density at radius 3 is 2.74 bits per heavy atom. The fourth-order valence-electron chi connectivity index (χ4n) is 3.85. The molecule has 3 nitrogen and oxygen atoms in total. The molecule has 118 valence electrons. The van der Waals surface area contributed by atoms with Gasteiger partial charge in [0, 0.05) is 21.7 Å². The lowest BCUT2D eigenvalue weighted by Gasteiger charge is -2.23. The topological polar surface area (TPSA) is 39.4 Å². The van der Waals surface area contributed by atoms with Gasteiger partial charge in [-0.05, 0) is 42.9 Å². The van der Waals surface area contributed by atoms with Crippen molar-refractivity contribution >= 4 is 21.7 Å². The zero-order valence-corrected chi connectivity index (χ0v) is 13.5. The van der Waals surface area contributed by atoms with E-state index in [4.69, 9.17) is 9.15 Å². The Kier molecular flexibility index (Phi) is 3.37. The van der Waals surface area contributed by atoms with Crippen molar-refractivity contribution < 1.29 is 9.15 Å². The normalized spacial score (nSPS) is 17.4. The van der Waals surface area contributed by atoms with Crippen molar-refractivity contribution in [2.75, 3.05) is 7.11 Å². The minimum atomic E-state index is -0.166. The standard InChI is InChI=1S/C20H20O3/c1-3-12-7-8-13-16-10-9-14-15(5-4-6-18(14)22-2)19(16)23-20(21)17(13)11-12/h4-6,9-10,12H,3,7-8,11H2,1-2H3. The Hall–Kier alpha value is -2.29. The first-order valence-corrected chi connectivity index (χ1v) is 8.27. The first-order valence-electron chi connectivity index (χ1n) is 8.27. The number of aryl methyl sites for hydroxylation is 1. The van der Waals surface area contributed by atoms with Gasteiger partial charge in [0.2, 0.25) is 0 Å². The molecule has 0 N–H and O–H groups in total. The predicted molar refractivity (Wildman–Crippen MR) is 92.3 cm³/mol. The van der Waals surface area contributed by atoms with E-state index in [9.17, 15) is 4.79 Å². The molecule has 1 aliphatic rings. The van der Waals surface area contributed by atoms with Crippen LogP contribution >= 0.6 is 0 Å². The summed E-state index contributed by atoms with van der Waals surface area (Å²) in [4.78, 5) is 12.5. The van der Waals surface area contributed by atoms with E-state index in [1.54, 1.807) is 7.11 Å². The fraction of sp³-hybridized carbons (Fsp3) is 0.350. The number of ether oxygens (including phenoxy) is 1. The number of methoxy groups -OCH3 is 1. The van der Waals surface area contributed by atoms with Gasteiger partial charge >= 0.3 is 5.63 Å². The van der Waals surface area contributed by atoms with Gasteiger partial charge in [0.15, 0.2) is 0 Å². The van der Waals surface area contributed by atoms with Crippen LogP contribution in [0.5, 0.6) is 5.75 Å². The van der Waals surface area contributed by atoms with Crippen molar-refractivity contribution in [2.24, 2.45) is 5.92 Å². The molecule has 0 bridgehead atoms. The molecule has 0 saturated heterocycles. The van der Waals surface area contributed by atoms with Crippen LogP contribution in [0, 0.1) is 5.92 Å². The van der Waals surface area contributed by atoms with Crippen LogP contribution in [0.2, 0.25) is 0 Å². The van der Waals surface area contributed by atoms with Crippen molar-refractivity contribution in [3.05, 3.63) is 51.9 Å². The van der Waals surface area contributed by atoms with Gasteiger partial charge in [-0.1, -0.05) is 31.5 Å². The van der Waals surface area contributed by atoms with E-state index in [1.165, 1.54) is 5.56 Å². The Labute approximate surface area is 134 Å². The monoisotopic (exact) mass is 308 g/mol. The van der Waals surface area contributed by atoms with Gasteiger partial charge in [-0.3, -0.25) is 0 Å². The molecule has 0 amide bonds. The van der Waals surface area contributed by atoms with E-state index in [0.29, 0.717) is 11.5 Å². The summed E-state index contributed by atoms with van der Waals surface area (Å²) in [6.45, 7) is 2.19. The number of hydrogen-bond donors (Lipinski definition) is 0. The lowest BCUT2D eigenvalue weighted by atomic mass is 9.82. The maximum absolute atomic E-state index is 12.5. The second-order valence-electron chi connectivity index (χ2n) is 6.36. The van der Waals surface area contributed by atoms with Crippen molar-refractivity contribution in [1.82, 2.24) is 0 Å². The van der Waals surface area contributed by atoms with Crippen LogP contribution in [-0.4, -0.2) is 7.11 Å². The van der Waals surface area contributed by atoms with Crippen LogP contribution in [0.3, 0.4) is 0 Å². The lowest BCUT2D eigenvalue weighted by Crippen LogP contribution is -2.21. The summed E-state index contributed by atoms with van der Waals surface area (Å²) >= 11 is 0. The summed E-state index contributed by atoms with van der Waals surface area (Å²) in [5.74, 6) is 1.40. The van der Waals surface area contributed by atoms with Gasteiger partial charge < -0.3 is 9.15 Å². The molecule has 1 unspecified atom stereocenters. The second kappa shape index (κ2) is 5.41. The molecule has 3 heteroatoms. The van der Waals surface area contributed by atoms with Gasteiger partial charge in [-0.25, -0.2) is 4.79 Å². The molecule has 1 atom stereocenters. The highest BCUT2D eigenvalue weighted by Crippen LogP contribution is 2.36. The average molecular weight is 308 g/mol. The van der Waals surface area contributed by atoms with Crippen molar-refractivity contribution in [3.8, 4) is 5.75 Å². The molecule has 0 radical (unpaired) electrons. The number of benzene rings is 2. The van der Waals surface area contributed by atoms with Gasteiger partial charge in [0.05, 0.1) is 7.11 Å². The molecule has 3 aromatic rings. The summed E-state index contributed by atoms with van der Waals surface area (Å²) in [5.41, 5.74) is 2.60. The van der Waals surface area contributed by atoms with Crippen molar-refractivity contribution in [1.29, 1.82) is 0 Å². The van der Waals surface area contributed by atoms with E-state index in [0.717, 1.165) is 53.2 Å². The average Bonchev–Trinajstić information content (AvgIpc) is 2.60. The molecule has 1 aromatic heterocycles. The summed E-state index contributed by atoms with van der Waals surface area (Å²) < 4.78 is 11.2. The van der Waals surface area contributed by atoms with E-state index in [1.807, 2.05) is 18.2 Å². The van der Waals surface area contributed by atoms with Gasteiger partial charge in [0.25, 0.3) is 0 Å². The number of rotatable bonds is 2. The van der Waals surface area contributed by atoms with Crippen LogP contribution in [-0.2, 0) is 12.8 Å². The van der Waals surface area contributed by atoms with Gasteiger partial charge in [-0.2, -0.15) is 0 Å². The van der Waals surface area contributed by atoms with Gasteiger partial charge in [0.1, 0.15) is 11.3 Å². The Balaban J connectivity index is 2.05. The molecule has 0 saturated carbocycles. The molecular weight excluding hydrogens is 288 g/mol. The third-order valence-electron chi connectivity index (χ3n) is 5.20. The molecule has 2 aromatic carbocycles. The molecule has 23 heavy (non-hydrogen) atoms. The van der Waals surface area contributed by atoms with Crippen molar-refractivity contribution in [3.63, 3.8) is 0 Å². The first-order chi connectivity index (χ1) is 11.2. The molecule has 0 fully saturated rings.